The van der Waals surface area contributed by atoms with Gasteiger partial charge in [-0.3, -0.25) is 0 Å². The van der Waals surface area contributed by atoms with Crippen LogP contribution in [0.2, 0.25) is 0 Å². The van der Waals surface area contributed by atoms with Gasteiger partial charge in [0.2, 0.25) is 0 Å². The molecule has 0 atom stereocenters. The van der Waals surface area contributed by atoms with E-state index in [9.17, 15) is 0 Å². The molecule has 12 aromatic rings. The van der Waals surface area contributed by atoms with Crippen LogP contribution in [0.3, 0.4) is 0 Å². The summed E-state index contributed by atoms with van der Waals surface area (Å²) in [4.78, 5) is 0. The van der Waals surface area contributed by atoms with E-state index in [2.05, 4.69) is 158 Å². The van der Waals surface area contributed by atoms with Crippen molar-refractivity contribution in [3.05, 3.63) is 158 Å². The van der Waals surface area contributed by atoms with Crippen molar-refractivity contribution in [2.24, 2.45) is 0 Å². The number of fused-ring (bicyclic) bond motifs is 12. The zero-order valence-electron chi connectivity index (χ0n) is 26.4. The van der Waals surface area contributed by atoms with Gasteiger partial charge in [0.15, 0.2) is 0 Å². The van der Waals surface area contributed by atoms with E-state index in [1.165, 1.54) is 103 Å². The van der Waals surface area contributed by atoms with Crippen molar-refractivity contribution in [1.29, 1.82) is 0 Å². The molecule has 0 aliphatic heterocycles. The summed E-state index contributed by atoms with van der Waals surface area (Å²) in [6, 6.07) is 58.1. The monoisotopic (exact) mass is 618 g/mol. The Morgan fingerprint density at radius 2 is 0.776 bits per heavy atom. The maximum absolute atomic E-state index is 6.64. The Morgan fingerprint density at radius 1 is 0.265 bits per heavy atom. The van der Waals surface area contributed by atoms with Gasteiger partial charge in [-0.05, 0) is 105 Å². The third-order valence-corrected chi connectivity index (χ3v) is 11.1. The minimum atomic E-state index is 0.929. The number of hydrogen-bond acceptors (Lipinski definition) is 1. The van der Waals surface area contributed by atoms with E-state index in [1.54, 1.807) is 0 Å². The smallest absolute Gasteiger partial charge is 0.143 e. The van der Waals surface area contributed by atoms with Crippen molar-refractivity contribution in [2.45, 2.75) is 0 Å². The fourth-order valence-corrected chi connectivity index (χ4v) is 9.25. The standard InChI is InChI=1S/C48H26O/c1-3-13-27(14-4-1)41-38-25-36-30-18-8-7-17-29(30)32-20-11-21-33(43(32)36)45(38)42(28-15-5-2-6-16-28)46-34-22-12-23-35-44(34)39(47(41)46)26-37-31-19-9-10-24-40(31)49-48(35)37/h1-26H. The summed E-state index contributed by atoms with van der Waals surface area (Å²) >= 11 is 0. The molecule has 0 aliphatic rings. The van der Waals surface area contributed by atoms with E-state index >= 15 is 0 Å². The first-order chi connectivity index (χ1) is 24.3. The van der Waals surface area contributed by atoms with E-state index in [-0.39, 0.29) is 0 Å². The first-order valence-electron chi connectivity index (χ1n) is 17.0. The van der Waals surface area contributed by atoms with Crippen LogP contribution in [0, 0.1) is 0 Å². The summed E-state index contributed by atoms with van der Waals surface area (Å²) in [5, 5.41) is 20.5. The molecule has 0 radical (unpaired) electrons. The number of rotatable bonds is 2. The molecule has 0 unspecified atom stereocenters. The fourth-order valence-electron chi connectivity index (χ4n) is 9.25. The second kappa shape index (κ2) is 9.13. The SMILES string of the molecule is c1ccc(-c2c3cc4c5ccccc5c5cccc(c3c(-c3ccccc3)c3c6cccc7c8oc9ccccc9c8cc(c23)c76)c54)cc1. The van der Waals surface area contributed by atoms with E-state index in [1.807, 2.05) is 0 Å². The lowest BCUT2D eigenvalue weighted by Crippen LogP contribution is -1.91. The van der Waals surface area contributed by atoms with Gasteiger partial charge in [-0.1, -0.05) is 140 Å². The van der Waals surface area contributed by atoms with Crippen molar-refractivity contribution in [2.75, 3.05) is 0 Å². The molecule has 0 aliphatic carbocycles. The van der Waals surface area contributed by atoms with Crippen molar-refractivity contribution < 1.29 is 4.42 Å². The number of benzene rings is 9. The van der Waals surface area contributed by atoms with Crippen molar-refractivity contribution >= 4 is 97.3 Å². The predicted molar refractivity (Wildman–Crippen MR) is 210 cm³/mol. The largest absolute Gasteiger partial charge is 0.455 e. The third-order valence-electron chi connectivity index (χ3n) is 11.1. The summed E-state index contributed by atoms with van der Waals surface area (Å²) in [6.45, 7) is 0. The van der Waals surface area contributed by atoms with E-state index < -0.39 is 0 Å². The van der Waals surface area contributed by atoms with Gasteiger partial charge in [-0.15, -0.1) is 0 Å². The molecule has 0 saturated heterocycles. The van der Waals surface area contributed by atoms with Crippen LogP contribution in [0.15, 0.2) is 162 Å². The Balaban J connectivity index is 1.46. The van der Waals surface area contributed by atoms with Crippen LogP contribution in [0.5, 0.6) is 0 Å². The predicted octanol–water partition coefficient (Wildman–Crippen LogP) is 13.9. The van der Waals surface area contributed by atoms with Gasteiger partial charge in [0.1, 0.15) is 11.2 Å². The van der Waals surface area contributed by atoms with E-state index in [4.69, 9.17) is 4.42 Å². The fraction of sp³-hybridized carbons (Fsp3) is 0. The Labute approximate surface area is 280 Å². The molecule has 0 bridgehead atoms. The highest BCUT2D eigenvalue weighted by atomic mass is 16.3. The maximum atomic E-state index is 6.64. The van der Waals surface area contributed by atoms with Gasteiger partial charge >= 0.3 is 0 Å². The summed E-state index contributed by atoms with van der Waals surface area (Å²) in [5.74, 6) is 0. The second-order valence-electron chi connectivity index (χ2n) is 13.5. The Morgan fingerprint density at radius 3 is 1.53 bits per heavy atom. The lowest BCUT2D eigenvalue weighted by Gasteiger charge is -2.19. The molecule has 12 rings (SSSR count). The van der Waals surface area contributed by atoms with Gasteiger partial charge < -0.3 is 4.42 Å². The molecule has 0 fully saturated rings. The molecule has 1 heterocycles. The molecule has 1 nitrogen and oxygen atoms in total. The minimum absolute atomic E-state index is 0.929. The topological polar surface area (TPSA) is 13.1 Å². The lowest BCUT2D eigenvalue weighted by molar-refractivity contribution is 0.673. The molecule has 0 saturated carbocycles. The average molecular weight is 619 g/mol. The highest BCUT2D eigenvalue weighted by molar-refractivity contribution is 6.46. The molecule has 11 aromatic carbocycles. The van der Waals surface area contributed by atoms with Crippen LogP contribution in [-0.2, 0) is 0 Å². The molecule has 1 heteroatoms. The van der Waals surface area contributed by atoms with Crippen LogP contribution in [0.4, 0.5) is 0 Å². The van der Waals surface area contributed by atoms with Crippen LogP contribution in [0.25, 0.3) is 120 Å². The van der Waals surface area contributed by atoms with Crippen LogP contribution >= 0.6 is 0 Å². The van der Waals surface area contributed by atoms with Crippen LogP contribution in [-0.4, -0.2) is 0 Å². The Bertz CT molecular complexity index is 3290. The first kappa shape index (κ1) is 25.6. The van der Waals surface area contributed by atoms with Gasteiger partial charge in [0.05, 0.1) is 0 Å². The van der Waals surface area contributed by atoms with Crippen LogP contribution < -0.4 is 0 Å². The van der Waals surface area contributed by atoms with Gasteiger partial charge in [0.25, 0.3) is 0 Å². The molecule has 49 heavy (non-hydrogen) atoms. The number of hydrogen-bond donors (Lipinski definition) is 0. The zero-order chi connectivity index (χ0) is 31.8. The minimum Gasteiger partial charge on any atom is -0.455 e. The van der Waals surface area contributed by atoms with Gasteiger partial charge in [0, 0.05) is 21.5 Å². The molecule has 0 amide bonds. The number of para-hydroxylation sites is 1. The zero-order valence-corrected chi connectivity index (χ0v) is 26.4. The molecule has 224 valence electrons. The van der Waals surface area contributed by atoms with Gasteiger partial charge in [-0.25, -0.2) is 0 Å². The maximum Gasteiger partial charge on any atom is 0.143 e. The summed E-state index contributed by atoms with van der Waals surface area (Å²) in [7, 11) is 0. The molecular formula is C48H26O. The molecule has 0 spiro atoms. The summed E-state index contributed by atoms with van der Waals surface area (Å²) in [5.41, 5.74) is 6.95. The second-order valence-corrected chi connectivity index (χ2v) is 13.5. The highest BCUT2D eigenvalue weighted by Gasteiger charge is 2.27. The molecule has 1 aromatic heterocycles. The Hall–Kier alpha value is -6.44. The molecular weight excluding hydrogens is 593 g/mol. The normalized spacial score (nSPS) is 12.5. The van der Waals surface area contributed by atoms with E-state index in [0.29, 0.717) is 0 Å². The van der Waals surface area contributed by atoms with Crippen molar-refractivity contribution in [3.8, 4) is 22.3 Å². The quantitative estimate of drug-likeness (QED) is 0.176. The van der Waals surface area contributed by atoms with Gasteiger partial charge in [-0.2, -0.15) is 0 Å². The lowest BCUT2D eigenvalue weighted by atomic mass is 9.84. The third kappa shape index (κ3) is 3.16. The van der Waals surface area contributed by atoms with Crippen molar-refractivity contribution in [1.82, 2.24) is 0 Å². The Kier molecular flexibility index (Phi) is 4.77. The highest BCUT2D eigenvalue weighted by Crippen LogP contribution is 2.55. The molecule has 0 N–H and O–H groups in total. The first-order valence-corrected chi connectivity index (χ1v) is 17.0. The van der Waals surface area contributed by atoms with Crippen LogP contribution in [0.1, 0.15) is 0 Å². The summed E-state index contributed by atoms with van der Waals surface area (Å²) < 4.78 is 6.64. The number of furan rings is 1. The van der Waals surface area contributed by atoms with Crippen molar-refractivity contribution in [3.63, 3.8) is 0 Å². The average Bonchev–Trinajstić information content (AvgIpc) is 3.82. The van der Waals surface area contributed by atoms with E-state index in [0.717, 1.165) is 16.6 Å². The summed E-state index contributed by atoms with van der Waals surface area (Å²) in [6.07, 6.45) is 0.